The molecule has 2 amide bonds. The van der Waals surface area contributed by atoms with Gasteiger partial charge >= 0.3 is 7.12 Å². The third-order valence-corrected chi connectivity index (χ3v) is 4.87. The Morgan fingerprint density at radius 1 is 1.20 bits per heavy atom. The van der Waals surface area contributed by atoms with E-state index in [1.807, 2.05) is 18.7 Å². The van der Waals surface area contributed by atoms with E-state index in [-0.39, 0.29) is 23.7 Å². The van der Waals surface area contributed by atoms with Crippen LogP contribution in [0, 0.1) is 5.92 Å². The number of nitrogens with zero attached hydrogens (tertiary/aromatic N) is 1. The van der Waals surface area contributed by atoms with Gasteiger partial charge in [-0.1, -0.05) is 26.1 Å². The van der Waals surface area contributed by atoms with Gasteiger partial charge in [-0.15, -0.1) is 0 Å². The third-order valence-electron chi connectivity index (χ3n) is 4.35. The van der Waals surface area contributed by atoms with Gasteiger partial charge in [-0.05, 0) is 26.2 Å². The van der Waals surface area contributed by atoms with Gasteiger partial charge < -0.3 is 31.3 Å². The zero-order valence-electron chi connectivity index (χ0n) is 15.2. The summed E-state index contributed by atoms with van der Waals surface area (Å²) in [6.45, 7) is 8.09. The highest BCUT2D eigenvalue weighted by atomic mass is 32.1. The summed E-state index contributed by atoms with van der Waals surface area (Å²) in [6.07, 6.45) is 0.636. The van der Waals surface area contributed by atoms with Gasteiger partial charge in [-0.3, -0.25) is 9.59 Å². The summed E-state index contributed by atoms with van der Waals surface area (Å²) >= 11 is 5.53. The molecule has 6 N–H and O–H groups in total. The molecule has 10 heteroatoms. The van der Waals surface area contributed by atoms with E-state index in [4.69, 9.17) is 18.0 Å². The van der Waals surface area contributed by atoms with Crippen molar-refractivity contribution in [3.8, 4) is 0 Å². The smallest absolute Gasteiger partial charge is 0.427 e. The van der Waals surface area contributed by atoms with E-state index in [1.54, 1.807) is 13.8 Å². The zero-order chi connectivity index (χ0) is 19.3. The molecule has 0 aromatic rings. The predicted octanol–water partition coefficient (Wildman–Crippen LogP) is -1.14. The number of nitrogens with two attached hydrogens (primary N) is 1. The second-order valence-corrected chi connectivity index (χ2v) is 7.41. The maximum absolute atomic E-state index is 12.4. The van der Waals surface area contributed by atoms with E-state index >= 15 is 0 Å². The predicted molar refractivity (Wildman–Crippen MR) is 101 cm³/mol. The highest BCUT2D eigenvalue weighted by molar-refractivity contribution is 7.80. The minimum absolute atomic E-state index is 0.0471. The Morgan fingerprint density at radius 3 is 2.24 bits per heavy atom. The molecular weight excluding hydrogens is 343 g/mol. The number of nitrogens with one attached hydrogen (secondary N) is 2. The number of thiocarbonyl (C=S) groups is 1. The first kappa shape index (κ1) is 21.8. The van der Waals surface area contributed by atoms with Gasteiger partial charge in [0.2, 0.25) is 11.8 Å². The molecule has 1 aliphatic rings. The van der Waals surface area contributed by atoms with Crippen LogP contribution >= 0.6 is 12.2 Å². The lowest BCUT2D eigenvalue weighted by atomic mass is 9.72. The van der Waals surface area contributed by atoms with Crippen LogP contribution < -0.4 is 16.4 Å². The molecular formula is C15H29BN4O4S. The number of carbonyl (C=O) groups is 2. The molecule has 0 radical (unpaired) electrons. The first-order chi connectivity index (χ1) is 11.5. The lowest BCUT2D eigenvalue weighted by Gasteiger charge is -2.31. The van der Waals surface area contributed by atoms with Crippen LogP contribution in [0.2, 0.25) is 5.82 Å². The van der Waals surface area contributed by atoms with Crippen LogP contribution in [-0.2, 0) is 9.59 Å². The lowest BCUT2D eigenvalue weighted by molar-refractivity contribution is -0.129. The Hall–Kier alpha value is -1.23. The number of rotatable bonds is 7. The topological polar surface area (TPSA) is 128 Å². The Balaban J connectivity index is 2.69. The van der Waals surface area contributed by atoms with Crippen LogP contribution in [0.15, 0.2) is 0 Å². The molecule has 0 aromatic carbocycles. The molecule has 0 bridgehead atoms. The van der Waals surface area contributed by atoms with E-state index in [0.29, 0.717) is 24.5 Å². The van der Waals surface area contributed by atoms with Crippen molar-refractivity contribution in [1.82, 2.24) is 15.5 Å². The fraction of sp³-hybridized carbons (Fsp3) is 0.800. The number of carbonyl (C=O) groups excluding carboxylic acids is 2. The first-order valence-electron chi connectivity index (χ1n) is 8.55. The summed E-state index contributed by atoms with van der Waals surface area (Å²) in [5, 5.41) is 24.1. The Morgan fingerprint density at radius 2 is 1.80 bits per heavy atom. The molecule has 0 spiro atoms. The molecule has 1 saturated heterocycles. The van der Waals surface area contributed by atoms with E-state index in [9.17, 15) is 19.6 Å². The van der Waals surface area contributed by atoms with Gasteiger partial charge in [0, 0.05) is 18.9 Å². The Kier molecular flexibility index (Phi) is 8.26. The van der Waals surface area contributed by atoms with Gasteiger partial charge in [0.25, 0.3) is 0 Å². The van der Waals surface area contributed by atoms with Crippen molar-refractivity contribution in [3.05, 3.63) is 0 Å². The number of amides is 2. The second-order valence-electron chi connectivity index (χ2n) is 7.00. The van der Waals surface area contributed by atoms with E-state index in [1.165, 1.54) is 0 Å². The van der Waals surface area contributed by atoms with Crippen LogP contribution in [0.25, 0.3) is 0 Å². The molecule has 0 aromatic heterocycles. The van der Waals surface area contributed by atoms with Crippen LogP contribution in [0.1, 0.15) is 34.1 Å². The first-order valence-corrected chi connectivity index (χ1v) is 8.96. The molecule has 8 nitrogen and oxygen atoms in total. The summed E-state index contributed by atoms with van der Waals surface area (Å²) < 4.78 is 0. The van der Waals surface area contributed by atoms with Crippen LogP contribution in [0.4, 0.5) is 0 Å². The second kappa shape index (κ2) is 9.47. The number of hydrogen-bond acceptors (Lipinski definition) is 6. The van der Waals surface area contributed by atoms with Crippen molar-refractivity contribution < 1.29 is 19.6 Å². The zero-order valence-corrected chi connectivity index (χ0v) is 16.0. The van der Waals surface area contributed by atoms with Gasteiger partial charge in [-0.25, -0.2) is 0 Å². The molecule has 142 valence electrons. The summed E-state index contributed by atoms with van der Waals surface area (Å²) in [5.41, 5.74) is 5.49. The molecule has 25 heavy (non-hydrogen) atoms. The third kappa shape index (κ3) is 6.21. The highest BCUT2D eigenvalue weighted by Gasteiger charge is 2.35. The quantitative estimate of drug-likeness (QED) is 0.282. The monoisotopic (exact) mass is 372 g/mol. The molecule has 1 rings (SSSR count). The van der Waals surface area contributed by atoms with Crippen LogP contribution in [0.5, 0.6) is 0 Å². The summed E-state index contributed by atoms with van der Waals surface area (Å²) in [4.78, 5) is 26.5. The lowest BCUT2D eigenvalue weighted by Crippen LogP contribution is -2.55. The summed E-state index contributed by atoms with van der Waals surface area (Å²) in [6, 6.07) is -1.80. The highest BCUT2D eigenvalue weighted by Crippen LogP contribution is 2.24. The minimum Gasteiger partial charge on any atom is -0.427 e. The standard InChI is InChI=1S/C15H29BN4O4S/c1-8(2)12(15(25)20-6-5-11(7-20)16(23)24)19-14(22)10(4)18-13(21)9(3)17/h8-12,23-24H,5-7,17H2,1-4H3,(H,18,21)(H,19,22)/t9-,10-,11+,12-/m0/s1. The molecule has 1 aliphatic heterocycles. The Bertz CT molecular complexity index is 504. The SMILES string of the molecule is CC(C)[C@H](NC(=O)[C@H](C)NC(=O)[C@H](C)N)C(=S)N1CC[C@@H](B(O)O)C1. The average molecular weight is 372 g/mol. The fourth-order valence-electron chi connectivity index (χ4n) is 2.63. The number of hydrogen-bond donors (Lipinski definition) is 5. The minimum atomic E-state index is -1.37. The van der Waals surface area contributed by atoms with E-state index in [2.05, 4.69) is 10.6 Å². The van der Waals surface area contributed by atoms with Crippen LogP contribution in [-0.4, -0.2) is 70.1 Å². The summed E-state index contributed by atoms with van der Waals surface area (Å²) in [7, 11) is -1.37. The van der Waals surface area contributed by atoms with Crippen molar-refractivity contribution >= 4 is 36.1 Å². The van der Waals surface area contributed by atoms with Crippen molar-refractivity contribution in [2.24, 2.45) is 11.7 Å². The molecule has 1 heterocycles. The molecule has 0 unspecified atom stereocenters. The van der Waals surface area contributed by atoms with Gasteiger partial charge in [0.05, 0.1) is 12.1 Å². The summed E-state index contributed by atoms with van der Waals surface area (Å²) in [5.74, 6) is -0.935. The molecule has 0 saturated carbocycles. The molecule has 1 fully saturated rings. The molecule has 0 aliphatic carbocycles. The Labute approximate surface area is 154 Å². The van der Waals surface area contributed by atoms with Gasteiger partial charge in [0.1, 0.15) is 11.0 Å². The maximum Gasteiger partial charge on any atom is 0.456 e. The van der Waals surface area contributed by atoms with Crippen molar-refractivity contribution in [1.29, 1.82) is 0 Å². The van der Waals surface area contributed by atoms with Gasteiger partial charge in [-0.2, -0.15) is 0 Å². The van der Waals surface area contributed by atoms with Crippen molar-refractivity contribution in [2.75, 3.05) is 13.1 Å². The largest absolute Gasteiger partial charge is 0.456 e. The normalized spacial score (nSPS) is 20.8. The van der Waals surface area contributed by atoms with Crippen LogP contribution in [0.3, 0.4) is 0 Å². The van der Waals surface area contributed by atoms with Gasteiger partial charge in [0.15, 0.2) is 0 Å². The fourth-order valence-corrected chi connectivity index (χ4v) is 3.13. The average Bonchev–Trinajstić information content (AvgIpc) is 3.01. The number of likely N-dealkylation sites (tertiary alicyclic amines) is 1. The van der Waals surface area contributed by atoms with E-state index in [0.717, 1.165) is 0 Å². The van der Waals surface area contributed by atoms with Crippen molar-refractivity contribution in [2.45, 2.75) is 58.1 Å². The molecule has 4 atom stereocenters. The van der Waals surface area contributed by atoms with E-state index < -0.39 is 25.1 Å². The van der Waals surface area contributed by atoms with Crippen molar-refractivity contribution in [3.63, 3.8) is 0 Å². The maximum atomic E-state index is 12.4.